The Bertz CT molecular complexity index is 1340. The van der Waals surface area contributed by atoms with Crippen LogP contribution in [0, 0.1) is 5.41 Å². The fraction of sp³-hybridized carbons (Fsp3) is 0.480. The third-order valence-corrected chi connectivity index (χ3v) is 10.6. The maximum Gasteiger partial charge on any atom is 0.264 e. The molecule has 0 aliphatic carbocycles. The molecule has 190 valence electrons. The van der Waals surface area contributed by atoms with Gasteiger partial charge in [0, 0.05) is 44.6 Å². The van der Waals surface area contributed by atoms with Gasteiger partial charge in [0.25, 0.3) is 10.0 Å². The van der Waals surface area contributed by atoms with Crippen LogP contribution in [-0.2, 0) is 30.3 Å². The molecule has 0 atom stereocenters. The number of hydrogen-bond acceptors (Lipinski definition) is 5. The van der Waals surface area contributed by atoms with Crippen LogP contribution < -0.4 is 4.31 Å². The maximum atomic E-state index is 13.7. The molecule has 0 N–H and O–H groups in total. The van der Waals surface area contributed by atoms with E-state index in [1.165, 1.54) is 42.7 Å². The summed E-state index contributed by atoms with van der Waals surface area (Å²) < 4.78 is 54.8. The summed E-state index contributed by atoms with van der Waals surface area (Å²) >= 11 is 0. The molecule has 35 heavy (non-hydrogen) atoms. The maximum absolute atomic E-state index is 13.7. The van der Waals surface area contributed by atoms with E-state index >= 15 is 0 Å². The predicted molar refractivity (Wildman–Crippen MR) is 135 cm³/mol. The Morgan fingerprint density at radius 2 is 1.43 bits per heavy atom. The minimum atomic E-state index is -3.92. The van der Waals surface area contributed by atoms with Crippen LogP contribution >= 0.6 is 0 Å². The third kappa shape index (κ3) is 4.36. The molecular formula is C25H33N3O5S2. The highest BCUT2D eigenvalue weighted by Gasteiger charge is 2.49. The van der Waals surface area contributed by atoms with Gasteiger partial charge in [0.1, 0.15) is 0 Å². The number of carbonyl (C=O) groups excluding carboxylic acids is 1. The fourth-order valence-electron chi connectivity index (χ4n) is 4.96. The van der Waals surface area contributed by atoms with E-state index in [4.69, 9.17) is 0 Å². The first-order valence-corrected chi connectivity index (χ1v) is 14.5. The molecule has 2 heterocycles. The molecule has 1 amide bonds. The van der Waals surface area contributed by atoms with Gasteiger partial charge in [0.05, 0.1) is 15.5 Å². The van der Waals surface area contributed by atoms with E-state index in [2.05, 4.69) is 0 Å². The summed E-state index contributed by atoms with van der Waals surface area (Å²) in [5.41, 5.74) is 0.804. The predicted octanol–water partition coefficient (Wildman–Crippen LogP) is 3.05. The van der Waals surface area contributed by atoms with Crippen molar-refractivity contribution in [3.63, 3.8) is 0 Å². The topological polar surface area (TPSA) is 95.1 Å². The van der Waals surface area contributed by atoms with Crippen molar-refractivity contribution in [2.45, 2.75) is 48.8 Å². The zero-order valence-corrected chi connectivity index (χ0v) is 22.5. The minimum Gasteiger partial charge on any atom is -0.342 e. The van der Waals surface area contributed by atoms with Gasteiger partial charge in [-0.1, -0.05) is 39.0 Å². The number of benzene rings is 2. The second kappa shape index (κ2) is 8.60. The lowest BCUT2D eigenvalue weighted by atomic mass is 9.74. The van der Waals surface area contributed by atoms with Gasteiger partial charge in [-0.2, -0.15) is 0 Å². The molecule has 0 unspecified atom stereocenters. The summed E-state index contributed by atoms with van der Waals surface area (Å²) in [5.74, 6) is 0.107. The molecule has 1 saturated heterocycles. The molecule has 8 nitrogen and oxygen atoms in total. The lowest BCUT2D eigenvalue weighted by molar-refractivity contribution is -0.141. The standard InChI is InChI=1S/C25H33N3O5S2/c1-24(2,3)23(29)27-16-14-25(15-17-27)18-28(22-9-7-6-8-21(22)25)35(32,33)20-12-10-19(11-13-20)34(30,31)26(4)5/h6-13H,14-18H2,1-5H3. The second-order valence-corrected chi connectivity index (χ2v) is 14.6. The Labute approximate surface area is 208 Å². The number of carbonyl (C=O) groups is 1. The van der Waals surface area contributed by atoms with Crippen LogP contribution in [0.2, 0.25) is 0 Å². The molecule has 1 spiro atoms. The number of rotatable bonds is 4. The summed E-state index contributed by atoms with van der Waals surface area (Å²) in [6.07, 6.45) is 1.36. The quantitative estimate of drug-likeness (QED) is 0.619. The van der Waals surface area contributed by atoms with Crippen LogP contribution in [0.5, 0.6) is 0 Å². The summed E-state index contributed by atoms with van der Waals surface area (Å²) in [7, 11) is -4.71. The molecule has 2 aromatic carbocycles. The smallest absolute Gasteiger partial charge is 0.264 e. The first-order chi connectivity index (χ1) is 16.2. The second-order valence-electron chi connectivity index (χ2n) is 10.6. The highest BCUT2D eigenvalue weighted by atomic mass is 32.2. The molecule has 0 saturated carbocycles. The van der Waals surface area contributed by atoms with Crippen molar-refractivity contribution < 1.29 is 21.6 Å². The lowest BCUT2D eigenvalue weighted by Gasteiger charge is -2.41. The molecule has 4 rings (SSSR count). The molecule has 1 fully saturated rings. The average molecular weight is 520 g/mol. The summed E-state index contributed by atoms with van der Waals surface area (Å²) in [6, 6.07) is 12.9. The van der Waals surface area contributed by atoms with Crippen molar-refractivity contribution in [3.8, 4) is 0 Å². The number of nitrogens with zero attached hydrogens (tertiary/aromatic N) is 3. The van der Waals surface area contributed by atoms with Crippen molar-refractivity contribution in [1.82, 2.24) is 9.21 Å². The van der Waals surface area contributed by atoms with Gasteiger partial charge in [-0.3, -0.25) is 9.10 Å². The largest absolute Gasteiger partial charge is 0.342 e. The molecule has 2 aromatic rings. The number of amides is 1. The molecule has 10 heteroatoms. The average Bonchev–Trinajstić information content (AvgIpc) is 3.13. The Morgan fingerprint density at radius 1 is 0.886 bits per heavy atom. The van der Waals surface area contributed by atoms with Crippen LogP contribution in [0.15, 0.2) is 58.3 Å². The molecular weight excluding hydrogens is 486 g/mol. The van der Waals surface area contributed by atoms with Crippen molar-refractivity contribution in [3.05, 3.63) is 54.1 Å². The van der Waals surface area contributed by atoms with Crippen LogP contribution in [-0.4, -0.2) is 65.7 Å². The van der Waals surface area contributed by atoms with Crippen LogP contribution in [0.25, 0.3) is 0 Å². The Balaban J connectivity index is 1.64. The van der Waals surface area contributed by atoms with Crippen LogP contribution in [0.1, 0.15) is 39.2 Å². The highest BCUT2D eigenvalue weighted by molar-refractivity contribution is 7.93. The van der Waals surface area contributed by atoms with Crippen LogP contribution in [0.3, 0.4) is 0 Å². The number of piperidine rings is 1. The van der Waals surface area contributed by atoms with E-state index in [0.717, 1.165) is 9.87 Å². The van der Waals surface area contributed by atoms with Gasteiger partial charge in [0.2, 0.25) is 15.9 Å². The fourth-order valence-corrected chi connectivity index (χ4v) is 7.43. The number of para-hydroxylation sites is 1. The zero-order chi connectivity index (χ0) is 25.8. The molecule has 2 aliphatic heterocycles. The lowest BCUT2D eigenvalue weighted by Crippen LogP contribution is -2.50. The Morgan fingerprint density at radius 3 is 1.97 bits per heavy atom. The van der Waals surface area contributed by atoms with Crippen LogP contribution in [0.4, 0.5) is 5.69 Å². The molecule has 2 aliphatic rings. The first kappa shape index (κ1) is 25.7. The van der Waals surface area contributed by atoms with E-state index in [0.29, 0.717) is 38.2 Å². The number of likely N-dealkylation sites (tertiary alicyclic amines) is 1. The van der Waals surface area contributed by atoms with Crippen molar-refractivity contribution >= 4 is 31.6 Å². The van der Waals surface area contributed by atoms with E-state index in [1.807, 2.05) is 49.9 Å². The first-order valence-electron chi connectivity index (χ1n) is 11.6. The van der Waals surface area contributed by atoms with Gasteiger partial charge in [-0.25, -0.2) is 21.1 Å². The van der Waals surface area contributed by atoms with E-state index in [1.54, 1.807) is 0 Å². The summed E-state index contributed by atoms with van der Waals surface area (Å²) in [6.45, 7) is 7.19. The summed E-state index contributed by atoms with van der Waals surface area (Å²) in [4.78, 5) is 14.8. The Kier molecular flexibility index (Phi) is 6.30. The zero-order valence-electron chi connectivity index (χ0n) is 20.9. The van der Waals surface area contributed by atoms with Crippen molar-refractivity contribution in [2.75, 3.05) is 38.0 Å². The van der Waals surface area contributed by atoms with E-state index in [-0.39, 0.29) is 21.1 Å². The SMILES string of the molecule is CN(C)S(=O)(=O)c1ccc(S(=O)(=O)N2CC3(CCN(C(=O)C(C)(C)C)CC3)c3ccccc32)cc1. The number of fused-ring (bicyclic) bond motifs is 2. The van der Waals surface area contributed by atoms with Gasteiger partial charge >= 0.3 is 0 Å². The van der Waals surface area contributed by atoms with Gasteiger partial charge in [-0.05, 0) is 48.7 Å². The number of anilines is 1. The van der Waals surface area contributed by atoms with Crippen molar-refractivity contribution in [1.29, 1.82) is 0 Å². The van der Waals surface area contributed by atoms with Gasteiger partial charge in [0.15, 0.2) is 0 Å². The normalized spacial score (nSPS) is 18.2. The van der Waals surface area contributed by atoms with E-state index in [9.17, 15) is 21.6 Å². The third-order valence-electron chi connectivity index (χ3n) is 7.03. The van der Waals surface area contributed by atoms with Gasteiger partial charge < -0.3 is 4.90 Å². The highest BCUT2D eigenvalue weighted by Crippen LogP contribution is 2.49. The Hall–Kier alpha value is -2.43. The number of hydrogen-bond donors (Lipinski definition) is 0. The van der Waals surface area contributed by atoms with Gasteiger partial charge in [-0.15, -0.1) is 0 Å². The monoisotopic (exact) mass is 519 g/mol. The molecule has 0 aromatic heterocycles. The number of sulfonamides is 2. The minimum absolute atomic E-state index is 0.0376. The summed E-state index contributed by atoms with van der Waals surface area (Å²) in [5, 5.41) is 0. The van der Waals surface area contributed by atoms with E-state index < -0.39 is 25.5 Å². The molecule has 0 radical (unpaired) electrons. The van der Waals surface area contributed by atoms with Crippen molar-refractivity contribution in [2.24, 2.45) is 5.41 Å². The molecule has 0 bridgehead atoms.